The van der Waals surface area contributed by atoms with Crippen molar-refractivity contribution in [2.75, 3.05) is 27.2 Å². The third kappa shape index (κ3) is 3.85. The van der Waals surface area contributed by atoms with Crippen molar-refractivity contribution in [3.05, 3.63) is 34.7 Å². The average Bonchev–Trinajstić information content (AvgIpc) is 2.79. The first kappa shape index (κ1) is 18.7. The van der Waals surface area contributed by atoms with Crippen LogP contribution in [0.3, 0.4) is 0 Å². The van der Waals surface area contributed by atoms with Gasteiger partial charge in [-0.2, -0.15) is 0 Å². The summed E-state index contributed by atoms with van der Waals surface area (Å²) in [5.74, 6) is 0.550. The molecule has 1 fully saturated rings. The lowest BCUT2D eigenvalue weighted by Gasteiger charge is -2.28. The second-order valence-corrected chi connectivity index (χ2v) is 8.57. The minimum atomic E-state index is -0.342. The van der Waals surface area contributed by atoms with E-state index in [-0.39, 0.29) is 17.1 Å². The Bertz CT molecular complexity index is 843. The third-order valence-electron chi connectivity index (χ3n) is 5.17. The van der Waals surface area contributed by atoms with Crippen molar-refractivity contribution < 1.29 is 4.79 Å². The van der Waals surface area contributed by atoms with E-state index in [1.165, 1.54) is 11.0 Å². The molecule has 0 unspecified atom stereocenters. The molecule has 1 N–H and O–H groups in total. The maximum absolute atomic E-state index is 13.0. The third-order valence-corrected chi connectivity index (χ3v) is 5.17. The molecule has 1 aromatic carbocycles. The monoisotopic (exact) mass is 358 g/mol. The van der Waals surface area contributed by atoms with Crippen LogP contribution in [-0.2, 0) is 6.54 Å². The predicted molar refractivity (Wildman–Crippen MR) is 105 cm³/mol. The maximum atomic E-state index is 13.0. The number of carbonyl (C=O) groups is 1. The number of imidazole rings is 1. The van der Waals surface area contributed by atoms with Crippen LogP contribution < -0.4 is 11.0 Å². The number of amides is 1. The standard InChI is InChI=1S/C20H30N4O2/c1-20(2,14-22(3)4)13-21-18(25)24-17-11-6-5-10-16(17)23(19(24)26)12-15-8-7-9-15/h5-6,10-11,15H,7-9,12-14H2,1-4H3,(H,21,25). The van der Waals surface area contributed by atoms with E-state index in [9.17, 15) is 9.59 Å². The summed E-state index contributed by atoms with van der Waals surface area (Å²) in [4.78, 5) is 27.9. The Morgan fingerprint density at radius 1 is 1.23 bits per heavy atom. The normalized spacial score (nSPS) is 15.4. The molecule has 6 heteroatoms. The first-order chi connectivity index (χ1) is 12.3. The summed E-state index contributed by atoms with van der Waals surface area (Å²) in [6.07, 6.45) is 3.56. The highest BCUT2D eigenvalue weighted by Crippen LogP contribution is 2.28. The molecule has 0 spiro atoms. The van der Waals surface area contributed by atoms with Gasteiger partial charge in [-0.3, -0.25) is 4.57 Å². The van der Waals surface area contributed by atoms with E-state index < -0.39 is 0 Å². The summed E-state index contributed by atoms with van der Waals surface area (Å²) in [6, 6.07) is 7.22. The Morgan fingerprint density at radius 2 is 1.88 bits per heavy atom. The molecule has 1 aliphatic rings. The van der Waals surface area contributed by atoms with Gasteiger partial charge in [-0.1, -0.05) is 32.4 Å². The SMILES string of the molecule is CN(C)CC(C)(C)CNC(=O)n1c(=O)n(CC2CCC2)c2ccccc21. The van der Waals surface area contributed by atoms with Gasteiger partial charge in [0.2, 0.25) is 0 Å². The molecule has 0 saturated heterocycles. The highest BCUT2D eigenvalue weighted by Gasteiger charge is 2.25. The number of nitrogens with one attached hydrogen (secondary N) is 1. The molecule has 0 radical (unpaired) electrons. The van der Waals surface area contributed by atoms with Gasteiger partial charge in [-0.15, -0.1) is 0 Å². The fourth-order valence-corrected chi connectivity index (χ4v) is 3.82. The molecule has 0 atom stereocenters. The lowest BCUT2D eigenvalue weighted by molar-refractivity contribution is 0.216. The highest BCUT2D eigenvalue weighted by atomic mass is 16.2. The molecule has 2 aromatic rings. The molecule has 142 valence electrons. The van der Waals surface area contributed by atoms with Crippen molar-refractivity contribution >= 4 is 17.1 Å². The van der Waals surface area contributed by atoms with Crippen molar-refractivity contribution in [1.82, 2.24) is 19.4 Å². The molecule has 26 heavy (non-hydrogen) atoms. The van der Waals surface area contributed by atoms with Gasteiger partial charge in [-0.05, 0) is 50.4 Å². The zero-order valence-corrected chi connectivity index (χ0v) is 16.3. The van der Waals surface area contributed by atoms with Crippen molar-refractivity contribution in [2.45, 2.75) is 39.7 Å². The first-order valence-electron chi connectivity index (χ1n) is 9.42. The molecule has 1 saturated carbocycles. The van der Waals surface area contributed by atoms with Gasteiger partial charge in [0, 0.05) is 19.6 Å². The van der Waals surface area contributed by atoms with E-state index in [1.807, 2.05) is 38.4 Å². The van der Waals surface area contributed by atoms with Crippen molar-refractivity contribution in [3.8, 4) is 0 Å². The Morgan fingerprint density at radius 3 is 2.46 bits per heavy atom. The number of hydrogen-bond acceptors (Lipinski definition) is 3. The van der Waals surface area contributed by atoms with E-state index in [1.54, 1.807) is 4.57 Å². The van der Waals surface area contributed by atoms with Gasteiger partial charge >= 0.3 is 11.7 Å². The number of para-hydroxylation sites is 2. The van der Waals surface area contributed by atoms with E-state index in [4.69, 9.17) is 0 Å². The topological polar surface area (TPSA) is 59.3 Å². The van der Waals surface area contributed by atoms with Gasteiger partial charge < -0.3 is 10.2 Å². The Kier molecular flexibility index (Phi) is 5.23. The molecule has 1 aromatic heterocycles. The summed E-state index contributed by atoms with van der Waals surface area (Å²) in [5.41, 5.74) is 1.21. The maximum Gasteiger partial charge on any atom is 0.337 e. The summed E-state index contributed by atoms with van der Waals surface area (Å²) in [6.45, 7) is 6.28. The smallest absolute Gasteiger partial charge is 0.337 e. The molecule has 1 amide bonds. The summed E-state index contributed by atoms with van der Waals surface area (Å²) >= 11 is 0. The van der Waals surface area contributed by atoms with Crippen LogP contribution in [0, 0.1) is 11.3 Å². The molecular weight excluding hydrogens is 328 g/mol. The lowest BCUT2D eigenvalue weighted by Crippen LogP contribution is -2.44. The van der Waals surface area contributed by atoms with Gasteiger partial charge in [-0.25, -0.2) is 14.2 Å². The van der Waals surface area contributed by atoms with Crippen LogP contribution in [0.5, 0.6) is 0 Å². The van der Waals surface area contributed by atoms with Crippen molar-refractivity contribution in [2.24, 2.45) is 11.3 Å². The lowest BCUT2D eigenvalue weighted by atomic mass is 9.85. The molecule has 1 aliphatic carbocycles. The molecule has 0 aliphatic heterocycles. The van der Waals surface area contributed by atoms with Gasteiger partial charge in [0.1, 0.15) is 0 Å². The molecule has 6 nitrogen and oxygen atoms in total. The van der Waals surface area contributed by atoms with Crippen LogP contribution in [-0.4, -0.2) is 47.3 Å². The fourth-order valence-electron chi connectivity index (χ4n) is 3.82. The molecule has 0 bridgehead atoms. The number of fused-ring (bicyclic) bond motifs is 1. The van der Waals surface area contributed by atoms with Crippen molar-refractivity contribution in [3.63, 3.8) is 0 Å². The minimum absolute atomic E-state index is 0.0763. The average molecular weight is 358 g/mol. The Labute approximate surface area is 154 Å². The van der Waals surface area contributed by atoms with Crippen molar-refractivity contribution in [1.29, 1.82) is 0 Å². The molecular formula is C20H30N4O2. The first-order valence-corrected chi connectivity index (χ1v) is 9.42. The van der Waals surface area contributed by atoms with E-state index in [0.717, 1.165) is 24.9 Å². The number of nitrogens with zero attached hydrogens (tertiary/aromatic N) is 3. The number of benzene rings is 1. The number of rotatable bonds is 6. The summed E-state index contributed by atoms with van der Waals surface area (Å²) < 4.78 is 3.06. The van der Waals surface area contributed by atoms with Crippen LogP contribution in [0.15, 0.2) is 29.1 Å². The van der Waals surface area contributed by atoms with Gasteiger partial charge in [0.05, 0.1) is 11.0 Å². The summed E-state index contributed by atoms with van der Waals surface area (Å²) in [7, 11) is 4.03. The van der Waals surface area contributed by atoms with E-state index >= 15 is 0 Å². The minimum Gasteiger partial charge on any atom is -0.337 e. The van der Waals surface area contributed by atoms with Gasteiger partial charge in [0.15, 0.2) is 0 Å². The number of carbonyl (C=O) groups excluding carboxylic acids is 1. The van der Waals surface area contributed by atoms with E-state index in [2.05, 4.69) is 24.1 Å². The van der Waals surface area contributed by atoms with Crippen LogP contribution in [0.1, 0.15) is 33.1 Å². The van der Waals surface area contributed by atoms with Crippen LogP contribution in [0.25, 0.3) is 11.0 Å². The Hall–Kier alpha value is -2.08. The fraction of sp³-hybridized carbons (Fsp3) is 0.600. The number of hydrogen-bond donors (Lipinski definition) is 1. The second kappa shape index (κ2) is 7.27. The second-order valence-electron chi connectivity index (χ2n) is 8.57. The number of aromatic nitrogens is 2. The zero-order chi connectivity index (χ0) is 18.9. The molecule has 3 rings (SSSR count). The quantitative estimate of drug-likeness (QED) is 0.864. The van der Waals surface area contributed by atoms with Gasteiger partial charge in [0.25, 0.3) is 0 Å². The Balaban J connectivity index is 1.86. The van der Waals surface area contributed by atoms with Crippen LogP contribution in [0.4, 0.5) is 4.79 Å². The predicted octanol–water partition coefficient (Wildman–Crippen LogP) is 2.75. The van der Waals surface area contributed by atoms with E-state index in [0.29, 0.717) is 24.5 Å². The highest BCUT2D eigenvalue weighted by molar-refractivity contribution is 5.89. The summed E-state index contributed by atoms with van der Waals surface area (Å²) in [5, 5.41) is 2.96. The zero-order valence-electron chi connectivity index (χ0n) is 16.3. The van der Waals surface area contributed by atoms with Crippen LogP contribution in [0.2, 0.25) is 0 Å². The largest absolute Gasteiger partial charge is 0.337 e. The van der Waals surface area contributed by atoms with Crippen LogP contribution >= 0.6 is 0 Å². The molecule has 1 heterocycles.